The van der Waals surface area contributed by atoms with E-state index < -0.39 is 17.5 Å². The van der Waals surface area contributed by atoms with Gasteiger partial charge in [-0.3, -0.25) is 4.79 Å². The Morgan fingerprint density at radius 1 is 1.35 bits per heavy atom. The average molecular weight is 246 g/mol. The zero-order valence-electron chi connectivity index (χ0n) is 9.81. The van der Waals surface area contributed by atoms with Crippen LogP contribution < -0.4 is 4.74 Å². The molecule has 0 aliphatic heterocycles. The third kappa shape index (κ3) is 2.78. The molecule has 0 aliphatic rings. The van der Waals surface area contributed by atoms with Crippen LogP contribution in [0.4, 0.5) is 13.2 Å². The number of halogens is 3. The van der Waals surface area contributed by atoms with Crippen LogP contribution in [0.2, 0.25) is 0 Å². The summed E-state index contributed by atoms with van der Waals surface area (Å²) in [6, 6.07) is 2.55. The molecule has 0 aromatic heterocycles. The first-order valence-electron chi connectivity index (χ1n) is 5.13. The SMILES string of the molecule is CCOc1ccc(C(C)=O)c(C)c1C(F)(F)F. The Balaban J connectivity index is 3.48. The van der Waals surface area contributed by atoms with Gasteiger partial charge in [-0.1, -0.05) is 0 Å². The lowest BCUT2D eigenvalue weighted by Gasteiger charge is -2.17. The molecule has 0 heterocycles. The van der Waals surface area contributed by atoms with Crippen LogP contribution in [0.3, 0.4) is 0 Å². The van der Waals surface area contributed by atoms with Gasteiger partial charge in [-0.25, -0.2) is 0 Å². The fourth-order valence-corrected chi connectivity index (χ4v) is 1.70. The molecule has 1 aromatic rings. The molecular weight excluding hydrogens is 233 g/mol. The van der Waals surface area contributed by atoms with Crippen LogP contribution in [0.5, 0.6) is 5.75 Å². The van der Waals surface area contributed by atoms with Gasteiger partial charge in [-0.2, -0.15) is 13.2 Å². The molecule has 0 fully saturated rings. The zero-order chi connectivity index (χ0) is 13.2. The predicted octanol–water partition coefficient (Wildman–Crippen LogP) is 3.62. The quantitative estimate of drug-likeness (QED) is 0.761. The molecule has 0 unspecified atom stereocenters. The third-order valence-electron chi connectivity index (χ3n) is 2.39. The molecule has 0 radical (unpaired) electrons. The minimum Gasteiger partial charge on any atom is -0.493 e. The fraction of sp³-hybridized carbons (Fsp3) is 0.417. The molecule has 0 aliphatic carbocycles. The zero-order valence-corrected chi connectivity index (χ0v) is 9.81. The predicted molar refractivity (Wildman–Crippen MR) is 57.4 cm³/mol. The van der Waals surface area contributed by atoms with E-state index in [1.807, 2.05) is 0 Å². The first-order valence-corrected chi connectivity index (χ1v) is 5.13. The Hall–Kier alpha value is -1.52. The standard InChI is InChI=1S/C12H13F3O2/c1-4-17-10-6-5-9(8(3)16)7(2)11(10)12(13,14)15/h5-6H,4H2,1-3H3. The van der Waals surface area contributed by atoms with Gasteiger partial charge in [0.25, 0.3) is 0 Å². The van der Waals surface area contributed by atoms with Crippen LogP contribution in [0, 0.1) is 6.92 Å². The van der Waals surface area contributed by atoms with Crippen molar-refractivity contribution in [3.05, 3.63) is 28.8 Å². The molecule has 17 heavy (non-hydrogen) atoms. The molecule has 0 saturated heterocycles. The van der Waals surface area contributed by atoms with E-state index in [1.165, 1.54) is 26.0 Å². The molecule has 0 amide bonds. The van der Waals surface area contributed by atoms with Gasteiger partial charge in [-0.05, 0) is 38.5 Å². The molecule has 0 spiro atoms. The van der Waals surface area contributed by atoms with E-state index in [0.717, 1.165) is 0 Å². The van der Waals surface area contributed by atoms with Crippen molar-refractivity contribution in [2.45, 2.75) is 26.9 Å². The van der Waals surface area contributed by atoms with Gasteiger partial charge >= 0.3 is 6.18 Å². The van der Waals surface area contributed by atoms with Gasteiger partial charge in [0.15, 0.2) is 5.78 Å². The molecule has 1 rings (SSSR count). The summed E-state index contributed by atoms with van der Waals surface area (Å²) in [5.41, 5.74) is -0.885. The summed E-state index contributed by atoms with van der Waals surface area (Å²) >= 11 is 0. The number of ether oxygens (including phenoxy) is 1. The van der Waals surface area contributed by atoms with Gasteiger partial charge in [0.2, 0.25) is 0 Å². The number of Topliss-reactive ketones (excluding diaryl/α,β-unsaturated/α-hetero) is 1. The highest BCUT2D eigenvalue weighted by molar-refractivity contribution is 5.96. The van der Waals surface area contributed by atoms with E-state index >= 15 is 0 Å². The first kappa shape index (κ1) is 13.5. The summed E-state index contributed by atoms with van der Waals surface area (Å²) in [6.45, 7) is 4.27. The topological polar surface area (TPSA) is 26.3 Å². The molecular formula is C12H13F3O2. The molecule has 2 nitrogen and oxygen atoms in total. The van der Waals surface area contributed by atoms with Gasteiger partial charge in [-0.15, -0.1) is 0 Å². The number of hydrogen-bond acceptors (Lipinski definition) is 2. The van der Waals surface area contributed by atoms with Crippen molar-refractivity contribution in [1.29, 1.82) is 0 Å². The van der Waals surface area contributed by atoms with E-state index in [-0.39, 0.29) is 23.5 Å². The van der Waals surface area contributed by atoms with Gasteiger partial charge < -0.3 is 4.74 Å². The fourth-order valence-electron chi connectivity index (χ4n) is 1.70. The number of ketones is 1. The highest BCUT2D eigenvalue weighted by Gasteiger charge is 2.37. The van der Waals surface area contributed by atoms with Crippen molar-refractivity contribution in [1.82, 2.24) is 0 Å². The number of benzene rings is 1. The van der Waals surface area contributed by atoms with Crippen LogP contribution in [0.1, 0.15) is 35.3 Å². The van der Waals surface area contributed by atoms with Gasteiger partial charge in [0.05, 0.1) is 6.61 Å². The number of rotatable bonds is 3. The minimum atomic E-state index is -4.53. The highest BCUT2D eigenvalue weighted by Crippen LogP contribution is 2.39. The van der Waals surface area contributed by atoms with Crippen molar-refractivity contribution in [2.24, 2.45) is 0 Å². The maximum absolute atomic E-state index is 12.9. The molecule has 0 atom stereocenters. The summed E-state index contributed by atoms with van der Waals surface area (Å²) in [6.07, 6.45) is -4.53. The van der Waals surface area contributed by atoms with Crippen molar-refractivity contribution < 1.29 is 22.7 Å². The van der Waals surface area contributed by atoms with E-state index in [2.05, 4.69) is 0 Å². The lowest BCUT2D eigenvalue weighted by Crippen LogP contribution is -2.13. The number of carbonyl (C=O) groups excluding carboxylic acids is 1. The van der Waals surface area contributed by atoms with Crippen molar-refractivity contribution in [2.75, 3.05) is 6.61 Å². The van der Waals surface area contributed by atoms with E-state index in [0.29, 0.717) is 0 Å². The maximum atomic E-state index is 12.9. The normalized spacial score (nSPS) is 11.4. The van der Waals surface area contributed by atoms with Crippen molar-refractivity contribution in [3.63, 3.8) is 0 Å². The largest absolute Gasteiger partial charge is 0.493 e. The van der Waals surface area contributed by atoms with Crippen LogP contribution in [0.25, 0.3) is 0 Å². The molecule has 1 aromatic carbocycles. The lowest BCUT2D eigenvalue weighted by molar-refractivity contribution is -0.139. The van der Waals surface area contributed by atoms with Crippen LogP contribution in [-0.2, 0) is 6.18 Å². The average Bonchev–Trinajstić information content (AvgIpc) is 2.15. The van der Waals surface area contributed by atoms with E-state index in [9.17, 15) is 18.0 Å². The summed E-state index contributed by atoms with van der Waals surface area (Å²) in [5.74, 6) is -0.626. The summed E-state index contributed by atoms with van der Waals surface area (Å²) in [5, 5.41) is 0. The second-order valence-corrected chi connectivity index (χ2v) is 3.60. The second kappa shape index (κ2) is 4.77. The Morgan fingerprint density at radius 2 is 1.94 bits per heavy atom. The number of hydrogen-bond donors (Lipinski definition) is 0. The Bertz CT molecular complexity index is 436. The van der Waals surface area contributed by atoms with Crippen LogP contribution >= 0.6 is 0 Å². The Labute approximate surface area is 97.4 Å². The van der Waals surface area contributed by atoms with Gasteiger partial charge in [0, 0.05) is 5.56 Å². The Kier molecular flexibility index (Phi) is 3.80. The Morgan fingerprint density at radius 3 is 2.35 bits per heavy atom. The second-order valence-electron chi connectivity index (χ2n) is 3.60. The van der Waals surface area contributed by atoms with E-state index in [1.54, 1.807) is 6.92 Å². The molecule has 94 valence electrons. The first-order chi connectivity index (χ1) is 7.79. The number of alkyl halides is 3. The minimum absolute atomic E-state index is 0.0702. The summed E-state index contributed by atoms with van der Waals surface area (Å²) in [4.78, 5) is 11.2. The molecule has 0 bridgehead atoms. The lowest BCUT2D eigenvalue weighted by atomic mass is 9.98. The van der Waals surface area contributed by atoms with Crippen LogP contribution in [-0.4, -0.2) is 12.4 Å². The highest BCUT2D eigenvalue weighted by atomic mass is 19.4. The van der Waals surface area contributed by atoms with E-state index in [4.69, 9.17) is 4.74 Å². The van der Waals surface area contributed by atoms with Crippen molar-refractivity contribution >= 4 is 5.78 Å². The van der Waals surface area contributed by atoms with Gasteiger partial charge in [0.1, 0.15) is 11.3 Å². The molecule has 0 N–H and O–H groups in total. The smallest absolute Gasteiger partial charge is 0.420 e. The molecule has 0 saturated carbocycles. The monoisotopic (exact) mass is 246 g/mol. The van der Waals surface area contributed by atoms with Crippen molar-refractivity contribution in [3.8, 4) is 5.75 Å². The maximum Gasteiger partial charge on any atom is 0.420 e. The third-order valence-corrected chi connectivity index (χ3v) is 2.39. The van der Waals surface area contributed by atoms with Crippen LogP contribution in [0.15, 0.2) is 12.1 Å². The summed E-state index contributed by atoms with van der Waals surface area (Å²) in [7, 11) is 0. The molecule has 5 heteroatoms. The summed E-state index contributed by atoms with van der Waals surface area (Å²) < 4.78 is 43.6. The number of carbonyl (C=O) groups is 1.